The van der Waals surface area contributed by atoms with Gasteiger partial charge in [0, 0.05) is 0 Å². The zero-order valence-electron chi connectivity index (χ0n) is 15.4. The maximum absolute atomic E-state index is 11.9. The van der Waals surface area contributed by atoms with Crippen LogP contribution in [0, 0.1) is 39.5 Å². The van der Waals surface area contributed by atoms with E-state index in [1.165, 1.54) is 0 Å². The summed E-state index contributed by atoms with van der Waals surface area (Å²) in [5, 5.41) is 0. The van der Waals surface area contributed by atoms with E-state index in [4.69, 9.17) is 0 Å². The van der Waals surface area contributed by atoms with Gasteiger partial charge in [-0.15, -0.1) is 0 Å². The number of carbonyl (C=O) groups excluding carboxylic acids is 4. The van der Waals surface area contributed by atoms with Crippen LogP contribution in [0.2, 0.25) is 0 Å². The SMILES string of the molecule is Cc1c(C)c(C)c(CC2CC(=O)OC2=O)c(CC2CC(=O)OC2=O)c1C. The summed E-state index contributed by atoms with van der Waals surface area (Å²) < 4.78 is 9.36. The largest absolute Gasteiger partial charge is 0.393 e. The predicted octanol–water partition coefficient (Wildman–Crippen LogP) is 2.18. The molecule has 2 aliphatic heterocycles. The fraction of sp³-hybridized carbons (Fsp3) is 0.500. The van der Waals surface area contributed by atoms with Crippen LogP contribution in [0.4, 0.5) is 0 Å². The van der Waals surface area contributed by atoms with Crippen molar-refractivity contribution < 1.29 is 28.7 Å². The number of esters is 4. The van der Waals surface area contributed by atoms with Gasteiger partial charge >= 0.3 is 23.9 Å². The third-order valence-electron chi connectivity index (χ3n) is 5.78. The maximum atomic E-state index is 11.9. The van der Waals surface area contributed by atoms with Crippen molar-refractivity contribution in [3.63, 3.8) is 0 Å². The molecule has 2 aliphatic rings. The van der Waals surface area contributed by atoms with Gasteiger partial charge in [0.2, 0.25) is 0 Å². The van der Waals surface area contributed by atoms with Crippen molar-refractivity contribution in [3.8, 4) is 0 Å². The Hall–Kier alpha value is -2.50. The smallest absolute Gasteiger partial charge is 0.317 e. The standard InChI is InChI=1S/C20H22O6/c1-9-10(2)12(4)16(6-14-8-18(22)26-20(14)24)15(11(9)3)5-13-7-17(21)25-19(13)23/h13-14H,5-8H2,1-4H3. The first-order valence-electron chi connectivity index (χ1n) is 8.76. The molecule has 26 heavy (non-hydrogen) atoms. The van der Waals surface area contributed by atoms with Gasteiger partial charge in [-0.1, -0.05) is 0 Å². The van der Waals surface area contributed by atoms with Crippen molar-refractivity contribution >= 4 is 23.9 Å². The second-order valence-corrected chi connectivity index (χ2v) is 7.25. The summed E-state index contributed by atoms with van der Waals surface area (Å²) in [6.07, 6.45) is 0.939. The summed E-state index contributed by atoms with van der Waals surface area (Å²) in [7, 11) is 0. The molecule has 0 aromatic heterocycles. The molecule has 2 saturated heterocycles. The molecule has 0 bridgehead atoms. The highest BCUT2D eigenvalue weighted by Gasteiger charge is 2.37. The topological polar surface area (TPSA) is 86.7 Å². The molecule has 138 valence electrons. The molecule has 2 heterocycles. The fourth-order valence-corrected chi connectivity index (χ4v) is 3.87. The fourth-order valence-electron chi connectivity index (χ4n) is 3.87. The van der Waals surface area contributed by atoms with Crippen LogP contribution in [-0.2, 0) is 41.5 Å². The van der Waals surface area contributed by atoms with Gasteiger partial charge in [-0.05, 0) is 73.9 Å². The zero-order chi connectivity index (χ0) is 19.2. The van der Waals surface area contributed by atoms with E-state index in [1.807, 2.05) is 27.7 Å². The van der Waals surface area contributed by atoms with E-state index < -0.39 is 35.7 Å². The Balaban J connectivity index is 2.01. The van der Waals surface area contributed by atoms with Gasteiger partial charge in [-0.3, -0.25) is 19.2 Å². The number of hydrogen-bond donors (Lipinski definition) is 0. The second-order valence-electron chi connectivity index (χ2n) is 7.25. The monoisotopic (exact) mass is 358 g/mol. The molecular weight excluding hydrogens is 336 g/mol. The van der Waals surface area contributed by atoms with Crippen LogP contribution >= 0.6 is 0 Å². The van der Waals surface area contributed by atoms with Gasteiger partial charge < -0.3 is 9.47 Å². The summed E-state index contributed by atoms with van der Waals surface area (Å²) in [4.78, 5) is 46.7. The van der Waals surface area contributed by atoms with Crippen LogP contribution < -0.4 is 0 Å². The zero-order valence-corrected chi connectivity index (χ0v) is 15.4. The minimum Gasteiger partial charge on any atom is -0.393 e. The average Bonchev–Trinajstić information content (AvgIpc) is 3.06. The molecular formula is C20H22O6. The first-order chi connectivity index (χ1) is 12.2. The van der Waals surface area contributed by atoms with Gasteiger partial charge in [0.05, 0.1) is 24.7 Å². The highest BCUT2D eigenvalue weighted by atomic mass is 16.6. The van der Waals surface area contributed by atoms with Gasteiger partial charge in [-0.25, -0.2) is 0 Å². The van der Waals surface area contributed by atoms with Crippen LogP contribution in [0.1, 0.15) is 46.2 Å². The van der Waals surface area contributed by atoms with E-state index in [0.29, 0.717) is 12.8 Å². The van der Waals surface area contributed by atoms with Gasteiger partial charge in [0.1, 0.15) is 0 Å². The Morgan fingerprint density at radius 3 is 1.27 bits per heavy atom. The lowest BCUT2D eigenvalue weighted by molar-refractivity contribution is -0.154. The van der Waals surface area contributed by atoms with E-state index in [2.05, 4.69) is 9.47 Å². The molecule has 6 heteroatoms. The van der Waals surface area contributed by atoms with E-state index >= 15 is 0 Å². The molecule has 6 nitrogen and oxygen atoms in total. The lowest BCUT2D eigenvalue weighted by Crippen LogP contribution is -2.18. The van der Waals surface area contributed by atoms with Crippen molar-refractivity contribution in [1.29, 1.82) is 0 Å². The molecule has 0 spiro atoms. The Labute approximate surface area is 151 Å². The molecule has 0 aliphatic carbocycles. The molecule has 0 N–H and O–H groups in total. The Morgan fingerprint density at radius 1 is 0.654 bits per heavy atom. The van der Waals surface area contributed by atoms with E-state index in [1.54, 1.807) is 0 Å². The molecule has 2 fully saturated rings. The lowest BCUT2D eigenvalue weighted by Gasteiger charge is -2.23. The summed E-state index contributed by atoms with van der Waals surface area (Å²) in [6.45, 7) is 8.02. The molecule has 1 aromatic carbocycles. The second kappa shape index (κ2) is 6.67. The first kappa shape index (κ1) is 18.3. The molecule has 0 amide bonds. The van der Waals surface area contributed by atoms with Gasteiger partial charge in [0.15, 0.2) is 0 Å². The Kier molecular flexibility index (Phi) is 4.69. The quantitative estimate of drug-likeness (QED) is 0.606. The summed E-state index contributed by atoms with van der Waals surface area (Å²) >= 11 is 0. The number of rotatable bonds is 4. The van der Waals surface area contributed by atoms with E-state index in [9.17, 15) is 19.2 Å². The highest BCUT2D eigenvalue weighted by molar-refractivity contribution is 5.95. The first-order valence-corrected chi connectivity index (χ1v) is 8.76. The predicted molar refractivity (Wildman–Crippen MR) is 91.2 cm³/mol. The van der Waals surface area contributed by atoms with Crippen LogP contribution in [0.3, 0.4) is 0 Å². The number of cyclic esters (lactones) is 4. The van der Waals surface area contributed by atoms with Crippen LogP contribution in [0.15, 0.2) is 0 Å². The lowest BCUT2D eigenvalue weighted by atomic mass is 9.81. The number of hydrogen-bond acceptors (Lipinski definition) is 6. The van der Waals surface area contributed by atoms with Crippen LogP contribution in [0.5, 0.6) is 0 Å². The number of benzene rings is 1. The summed E-state index contributed by atoms with van der Waals surface area (Å²) in [5.74, 6) is -2.98. The number of ether oxygens (including phenoxy) is 2. The molecule has 0 saturated carbocycles. The average molecular weight is 358 g/mol. The van der Waals surface area contributed by atoms with E-state index in [-0.39, 0.29) is 12.8 Å². The molecule has 2 atom stereocenters. The molecule has 1 aromatic rings. The molecule has 0 radical (unpaired) electrons. The van der Waals surface area contributed by atoms with Crippen LogP contribution in [-0.4, -0.2) is 23.9 Å². The van der Waals surface area contributed by atoms with E-state index in [0.717, 1.165) is 33.4 Å². The Morgan fingerprint density at radius 2 is 1.00 bits per heavy atom. The van der Waals surface area contributed by atoms with Crippen molar-refractivity contribution in [3.05, 3.63) is 33.4 Å². The summed E-state index contributed by atoms with van der Waals surface area (Å²) in [6, 6.07) is 0. The van der Waals surface area contributed by atoms with Crippen molar-refractivity contribution in [1.82, 2.24) is 0 Å². The molecule has 2 unspecified atom stereocenters. The third kappa shape index (κ3) is 3.16. The van der Waals surface area contributed by atoms with Crippen LogP contribution in [0.25, 0.3) is 0 Å². The van der Waals surface area contributed by atoms with Gasteiger partial charge in [0.25, 0.3) is 0 Å². The number of carbonyl (C=O) groups is 4. The maximum Gasteiger partial charge on any atom is 0.317 e. The minimum atomic E-state index is -0.501. The molecule has 3 rings (SSSR count). The summed E-state index contributed by atoms with van der Waals surface area (Å²) in [5.41, 5.74) is 6.29. The Bertz CT molecular complexity index is 766. The van der Waals surface area contributed by atoms with Gasteiger partial charge in [-0.2, -0.15) is 0 Å². The highest BCUT2D eigenvalue weighted by Crippen LogP contribution is 2.34. The van der Waals surface area contributed by atoms with Crippen molar-refractivity contribution in [2.45, 2.75) is 53.4 Å². The minimum absolute atomic E-state index is 0.0770. The normalized spacial score (nSPS) is 22.8. The van der Waals surface area contributed by atoms with Crippen molar-refractivity contribution in [2.24, 2.45) is 11.8 Å². The van der Waals surface area contributed by atoms with Crippen molar-refractivity contribution in [2.75, 3.05) is 0 Å². The third-order valence-corrected chi connectivity index (χ3v) is 5.78.